The van der Waals surface area contributed by atoms with E-state index in [1.54, 1.807) is 11.1 Å². The van der Waals surface area contributed by atoms with Gasteiger partial charge >= 0.3 is 0 Å². The van der Waals surface area contributed by atoms with Crippen molar-refractivity contribution in [2.45, 2.75) is 51.9 Å². The summed E-state index contributed by atoms with van der Waals surface area (Å²) < 4.78 is 0. The number of ketones is 1. The van der Waals surface area contributed by atoms with Gasteiger partial charge in [0.15, 0.2) is 0 Å². The monoisotopic (exact) mass is 280 g/mol. The molecule has 2 fully saturated rings. The van der Waals surface area contributed by atoms with Crippen molar-refractivity contribution >= 4 is 5.78 Å². The second-order valence-corrected chi connectivity index (χ2v) is 7.41. The van der Waals surface area contributed by atoms with Gasteiger partial charge in [-0.05, 0) is 66.1 Å². The van der Waals surface area contributed by atoms with Crippen LogP contribution in [0, 0.1) is 17.3 Å². The molecule has 0 radical (unpaired) electrons. The molecule has 0 heterocycles. The van der Waals surface area contributed by atoms with Gasteiger partial charge in [0.1, 0.15) is 5.78 Å². The molecule has 0 aromatic heterocycles. The lowest BCUT2D eigenvalue weighted by Gasteiger charge is -2.47. The molecule has 110 valence electrons. The summed E-state index contributed by atoms with van der Waals surface area (Å²) in [4.78, 5) is 11.7. The third kappa shape index (κ3) is 1.79. The Hall–Kier alpha value is -1.37. The molecular weight excluding hydrogens is 256 g/mol. The van der Waals surface area contributed by atoms with Gasteiger partial charge in [0, 0.05) is 12.8 Å². The van der Waals surface area contributed by atoms with Gasteiger partial charge in [0.2, 0.25) is 0 Å². The zero-order chi connectivity index (χ0) is 14.6. The molecule has 0 aliphatic heterocycles. The maximum absolute atomic E-state index is 11.7. The summed E-state index contributed by atoms with van der Waals surface area (Å²) in [6.45, 7) is 6.47. The Bertz CT molecular complexity index is 616. The van der Waals surface area contributed by atoms with Crippen LogP contribution in [0.1, 0.15) is 51.9 Å². The van der Waals surface area contributed by atoms with Gasteiger partial charge in [-0.3, -0.25) is 4.79 Å². The Morgan fingerprint density at radius 3 is 2.90 bits per heavy atom. The SMILES string of the molecule is C=CC1=CCC2C3CC=C4CC(=O)CCC4=C3CC[C@]12C. The van der Waals surface area contributed by atoms with Gasteiger partial charge in [0.05, 0.1) is 0 Å². The van der Waals surface area contributed by atoms with Crippen molar-refractivity contribution in [1.29, 1.82) is 0 Å². The Labute approximate surface area is 127 Å². The van der Waals surface area contributed by atoms with Crippen molar-refractivity contribution in [2.75, 3.05) is 0 Å². The maximum Gasteiger partial charge on any atom is 0.137 e. The van der Waals surface area contributed by atoms with Gasteiger partial charge in [-0.2, -0.15) is 0 Å². The Morgan fingerprint density at radius 1 is 1.24 bits per heavy atom. The number of hydrogen-bond acceptors (Lipinski definition) is 1. The van der Waals surface area contributed by atoms with Crippen LogP contribution >= 0.6 is 0 Å². The normalized spacial score (nSPS) is 38.2. The molecule has 0 saturated heterocycles. The van der Waals surface area contributed by atoms with E-state index in [0.717, 1.165) is 25.2 Å². The van der Waals surface area contributed by atoms with Crippen molar-refractivity contribution in [1.82, 2.24) is 0 Å². The number of rotatable bonds is 1. The lowest BCUT2D eigenvalue weighted by atomic mass is 9.57. The van der Waals surface area contributed by atoms with Crippen LogP contribution in [0.15, 0.2) is 47.1 Å². The molecule has 4 rings (SSSR count). The van der Waals surface area contributed by atoms with Crippen LogP contribution in [-0.4, -0.2) is 5.78 Å². The quantitative estimate of drug-likeness (QED) is 0.666. The average molecular weight is 280 g/mol. The minimum atomic E-state index is 0.340. The summed E-state index contributed by atoms with van der Waals surface area (Å²) in [5.74, 6) is 1.89. The summed E-state index contributed by atoms with van der Waals surface area (Å²) in [6, 6.07) is 0. The molecule has 0 aromatic carbocycles. The van der Waals surface area contributed by atoms with Gasteiger partial charge < -0.3 is 0 Å². The van der Waals surface area contributed by atoms with Crippen molar-refractivity contribution < 1.29 is 4.79 Å². The highest BCUT2D eigenvalue weighted by molar-refractivity contribution is 5.84. The number of allylic oxidation sites excluding steroid dienone is 7. The van der Waals surface area contributed by atoms with E-state index in [1.165, 1.54) is 30.4 Å². The van der Waals surface area contributed by atoms with Crippen molar-refractivity contribution in [3.8, 4) is 0 Å². The summed E-state index contributed by atoms with van der Waals surface area (Å²) in [7, 11) is 0. The first kappa shape index (κ1) is 13.3. The van der Waals surface area contributed by atoms with E-state index in [0.29, 0.717) is 23.5 Å². The molecule has 4 aliphatic carbocycles. The lowest BCUT2D eigenvalue weighted by molar-refractivity contribution is -0.118. The second-order valence-electron chi connectivity index (χ2n) is 7.41. The zero-order valence-corrected chi connectivity index (χ0v) is 13.0. The van der Waals surface area contributed by atoms with Gasteiger partial charge in [0.25, 0.3) is 0 Å². The second kappa shape index (κ2) is 4.56. The van der Waals surface area contributed by atoms with E-state index < -0.39 is 0 Å². The fourth-order valence-corrected chi connectivity index (χ4v) is 5.38. The summed E-state index contributed by atoms with van der Waals surface area (Å²) in [6.07, 6.45) is 14.2. The number of Topliss-reactive ketones (excluding diaryl/α,β-unsaturated/α-hetero) is 1. The molecule has 0 amide bonds. The third-order valence-electron chi connectivity index (χ3n) is 6.57. The van der Waals surface area contributed by atoms with Crippen LogP contribution in [0.25, 0.3) is 0 Å². The lowest BCUT2D eigenvalue weighted by Crippen LogP contribution is -2.38. The molecule has 1 nitrogen and oxygen atoms in total. The summed E-state index contributed by atoms with van der Waals surface area (Å²) >= 11 is 0. The highest BCUT2D eigenvalue weighted by Gasteiger charge is 2.49. The molecule has 2 unspecified atom stereocenters. The molecule has 0 N–H and O–H groups in total. The summed E-state index contributed by atoms with van der Waals surface area (Å²) in [5, 5.41) is 0. The first-order valence-corrected chi connectivity index (χ1v) is 8.39. The zero-order valence-electron chi connectivity index (χ0n) is 13.0. The van der Waals surface area contributed by atoms with E-state index in [9.17, 15) is 4.79 Å². The summed E-state index contributed by atoms with van der Waals surface area (Å²) in [5.41, 5.74) is 6.47. The minimum Gasteiger partial charge on any atom is -0.299 e. The van der Waals surface area contributed by atoms with E-state index in [4.69, 9.17) is 0 Å². The van der Waals surface area contributed by atoms with Gasteiger partial charge in [-0.25, -0.2) is 0 Å². The third-order valence-corrected chi connectivity index (χ3v) is 6.57. The fourth-order valence-electron chi connectivity index (χ4n) is 5.38. The smallest absolute Gasteiger partial charge is 0.137 e. The molecule has 0 spiro atoms. The molecule has 0 bridgehead atoms. The fraction of sp³-hybridized carbons (Fsp3) is 0.550. The van der Waals surface area contributed by atoms with Crippen LogP contribution in [0.5, 0.6) is 0 Å². The predicted molar refractivity (Wildman–Crippen MR) is 85.8 cm³/mol. The molecule has 0 aromatic rings. The molecule has 2 saturated carbocycles. The molecule has 21 heavy (non-hydrogen) atoms. The van der Waals surface area contributed by atoms with Crippen LogP contribution in [0.3, 0.4) is 0 Å². The number of fused-ring (bicyclic) bond motifs is 4. The first-order valence-electron chi connectivity index (χ1n) is 8.39. The van der Waals surface area contributed by atoms with Crippen molar-refractivity contribution in [3.05, 3.63) is 47.1 Å². The number of carbonyl (C=O) groups is 1. The van der Waals surface area contributed by atoms with Crippen LogP contribution in [-0.2, 0) is 4.79 Å². The maximum atomic E-state index is 11.7. The number of carbonyl (C=O) groups excluding carboxylic acids is 1. The first-order chi connectivity index (χ1) is 10.1. The van der Waals surface area contributed by atoms with Crippen molar-refractivity contribution in [3.63, 3.8) is 0 Å². The highest BCUT2D eigenvalue weighted by atomic mass is 16.1. The Balaban J connectivity index is 1.70. The van der Waals surface area contributed by atoms with Crippen LogP contribution < -0.4 is 0 Å². The molecule has 1 heteroatoms. The van der Waals surface area contributed by atoms with Crippen molar-refractivity contribution in [2.24, 2.45) is 17.3 Å². The van der Waals surface area contributed by atoms with Crippen LogP contribution in [0.4, 0.5) is 0 Å². The van der Waals surface area contributed by atoms with E-state index >= 15 is 0 Å². The van der Waals surface area contributed by atoms with Gasteiger partial charge in [-0.15, -0.1) is 0 Å². The van der Waals surface area contributed by atoms with Crippen LogP contribution in [0.2, 0.25) is 0 Å². The van der Waals surface area contributed by atoms with E-state index in [1.807, 2.05) is 0 Å². The van der Waals surface area contributed by atoms with E-state index in [-0.39, 0.29) is 0 Å². The largest absolute Gasteiger partial charge is 0.299 e. The minimum absolute atomic E-state index is 0.340. The Kier molecular flexibility index (Phi) is 2.89. The average Bonchev–Trinajstić information content (AvgIpc) is 2.83. The van der Waals surface area contributed by atoms with Gasteiger partial charge in [-0.1, -0.05) is 37.3 Å². The highest BCUT2D eigenvalue weighted by Crippen LogP contribution is 2.59. The molecule has 4 aliphatic rings. The standard InChI is InChI=1S/C20H24O/c1-3-14-5-9-19-18-7-4-13-12-15(21)6-8-16(13)17(18)10-11-20(14,19)2/h3-5,18-19H,1,6-12H2,2H3/t18?,19?,20-/m1/s1. The Morgan fingerprint density at radius 2 is 2.10 bits per heavy atom. The number of hydrogen-bond donors (Lipinski definition) is 0. The predicted octanol–water partition coefficient (Wildman–Crippen LogP) is 4.91. The molecule has 3 atom stereocenters. The topological polar surface area (TPSA) is 17.1 Å². The van der Waals surface area contributed by atoms with E-state index in [2.05, 4.69) is 31.7 Å². The molecular formula is C20H24O.